The number of fused-ring (bicyclic) bond motifs is 1. The van der Waals surface area contributed by atoms with Gasteiger partial charge in [-0.15, -0.1) is 0 Å². The molecule has 156 valence electrons. The molecule has 30 heavy (non-hydrogen) atoms. The molecule has 0 aromatic heterocycles. The number of rotatable bonds is 9. The summed E-state index contributed by atoms with van der Waals surface area (Å²) in [5.41, 5.74) is 1.57. The third-order valence-electron chi connectivity index (χ3n) is 4.85. The van der Waals surface area contributed by atoms with E-state index in [1.807, 2.05) is 59.5 Å². The number of halogens is 1. The molecule has 0 saturated carbocycles. The largest absolute Gasteiger partial charge is 0.491 e. The van der Waals surface area contributed by atoms with E-state index in [0.29, 0.717) is 36.7 Å². The summed E-state index contributed by atoms with van der Waals surface area (Å²) in [4.78, 5) is 2.00. The van der Waals surface area contributed by atoms with Gasteiger partial charge in [0.25, 0.3) is 0 Å². The van der Waals surface area contributed by atoms with Crippen LogP contribution in [0.1, 0.15) is 11.1 Å². The van der Waals surface area contributed by atoms with Crippen molar-refractivity contribution in [3.8, 4) is 17.2 Å². The Labute approximate surface area is 175 Å². The van der Waals surface area contributed by atoms with E-state index in [1.165, 1.54) is 6.07 Å². The molecule has 1 N–H and O–H groups in total. The second-order valence-electron chi connectivity index (χ2n) is 7.23. The first-order valence-electron chi connectivity index (χ1n) is 9.87. The van der Waals surface area contributed by atoms with Gasteiger partial charge in [-0.1, -0.05) is 42.5 Å². The van der Waals surface area contributed by atoms with Gasteiger partial charge in [0, 0.05) is 25.2 Å². The Kier molecular flexibility index (Phi) is 6.47. The van der Waals surface area contributed by atoms with Crippen LogP contribution in [0.3, 0.4) is 0 Å². The zero-order valence-corrected chi connectivity index (χ0v) is 16.5. The standard InChI is InChI=1S/C24H24FNO4/c25-22-9-5-4-6-19(22)14-26(13-18-10-11-23-24(12-18)30-17-29-23)15-20(27)16-28-21-7-2-1-3-8-21/h1-12,20,27H,13-17H2/t20-/m1/s1. The van der Waals surface area contributed by atoms with Crippen LogP contribution in [0.2, 0.25) is 0 Å². The van der Waals surface area contributed by atoms with Gasteiger partial charge in [0.1, 0.15) is 24.3 Å². The summed E-state index contributed by atoms with van der Waals surface area (Å²) in [6, 6.07) is 21.8. The van der Waals surface area contributed by atoms with E-state index >= 15 is 0 Å². The molecular weight excluding hydrogens is 385 g/mol. The maximum atomic E-state index is 14.2. The number of hydrogen-bond donors (Lipinski definition) is 1. The average molecular weight is 409 g/mol. The minimum absolute atomic E-state index is 0.152. The highest BCUT2D eigenvalue weighted by atomic mass is 19.1. The lowest BCUT2D eigenvalue weighted by atomic mass is 10.1. The van der Waals surface area contributed by atoms with Gasteiger partial charge in [0.15, 0.2) is 11.5 Å². The van der Waals surface area contributed by atoms with Crippen LogP contribution in [0.5, 0.6) is 17.2 Å². The summed E-state index contributed by atoms with van der Waals surface area (Å²) in [5.74, 6) is 1.86. The Hall–Kier alpha value is -3.09. The molecule has 3 aromatic rings. The van der Waals surface area contributed by atoms with E-state index in [2.05, 4.69) is 0 Å². The van der Waals surface area contributed by atoms with Crippen molar-refractivity contribution in [2.45, 2.75) is 19.2 Å². The molecule has 1 heterocycles. The van der Waals surface area contributed by atoms with Gasteiger partial charge in [0.2, 0.25) is 6.79 Å². The quantitative estimate of drug-likeness (QED) is 0.579. The maximum absolute atomic E-state index is 14.2. The topological polar surface area (TPSA) is 51.2 Å². The van der Waals surface area contributed by atoms with E-state index in [4.69, 9.17) is 14.2 Å². The zero-order chi connectivity index (χ0) is 20.8. The molecule has 0 aliphatic carbocycles. The molecular formula is C24H24FNO4. The Morgan fingerprint density at radius 1 is 0.933 bits per heavy atom. The van der Waals surface area contributed by atoms with Gasteiger partial charge >= 0.3 is 0 Å². The first-order valence-corrected chi connectivity index (χ1v) is 9.87. The SMILES string of the molecule is O[C@@H](COc1ccccc1)CN(Cc1ccc2c(c1)OCO2)Cc1ccccc1F. The fourth-order valence-electron chi connectivity index (χ4n) is 3.41. The predicted octanol–water partition coefficient (Wildman–Crippen LogP) is 4.00. The van der Waals surface area contributed by atoms with Crippen molar-refractivity contribution >= 4 is 0 Å². The second-order valence-corrected chi connectivity index (χ2v) is 7.23. The summed E-state index contributed by atoms with van der Waals surface area (Å²) < 4.78 is 30.7. The van der Waals surface area contributed by atoms with E-state index in [1.54, 1.807) is 12.1 Å². The van der Waals surface area contributed by atoms with Crippen molar-refractivity contribution in [1.82, 2.24) is 4.90 Å². The molecule has 1 atom stereocenters. The van der Waals surface area contributed by atoms with Crippen molar-refractivity contribution in [2.75, 3.05) is 19.9 Å². The summed E-state index contributed by atoms with van der Waals surface area (Å²) in [6.07, 6.45) is -0.731. The second kappa shape index (κ2) is 9.61. The summed E-state index contributed by atoms with van der Waals surface area (Å²) >= 11 is 0. The van der Waals surface area contributed by atoms with Crippen LogP contribution in [0, 0.1) is 5.82 Å². The Morgan fingerprint density at radius 2 is 1.70 bits per heavy atom. The number of aliphatic hydroxyl groups excluding tert-OH is 1. The van der Waals surface area contributed by atoms with Crippen LogP contribution in [0.15, 0.2) is 72.8 Å². The van der Waals surface area contributed by atoms with Gasteiger partial charge in [-0.05, 0) is 35.9 Å². The molecule has 6 heteroatoms. The van der Waals surface area contributed by atoms with Crippen molar-refractivity contribution < 1.29 is 23.7 Å². The minimum atomic E-state index is -0.731. The normalized spacial score (nSPS) is 13.4. The molecule has 1 aliphatic heterocycles. The smallest absolute Gasteiger partial charge is 0.231 e. The van der Waals surface area contributed by atoms with Crippen molar-refractivity contribution in [2.24, 2.45) is 0 Å². The Balaban J connectivity index is 1.44. The summed E-state index contributed by atoms with van der Waals surface area (Å²) in [5, 5.41) is 10.6. The van der Waals surface area contributed by atoms with Crippen LogP contribution >= 0.6 is 0 Å². The number of ether oxygens (including phenoxy) is 3. The lowest BCUT2D eigenvalue weighted by molar-refractivity contribution is 0.0624. The van der Waals surface area contributed by atoms with Crippen LogP contribution in [-0.2, 0) is 13.1 Å². The van der Waals surface area contributed by atoms with Gasteiger partial charge in [-0.25, -0.2) is 4.39 Å². The highest BCUT2D eigenvalue weighted by Crippen LogP contribution is 2.33. The van der Waals surface area contributed by atoms with Crippen molar-refractivity contribution in [3.63, 3.8) is 0 Å². The molecule has 0 saturated heterocycles. The first kappa shape index (κ1) is 20.2. The number of nitrogens with zero attached hydrogens (tertiary/aromatic N) is 1. The fraction of sp³-hybridized carbons (Fsp3) is 0.250. The number of hydrogen-bond acceptors (Lipinski definition) is 5. The number of para-hydroxylation sites is 1. The number of aliphatic hydroxyl groups is 1. The van der Waals surface area contributed by atoms with Gasteiger partial charge < -0.3 is 19.3 Å². The zero-order valence-electron chi connectivity index (χ0n) is 16.5. The first-order chi connectivity index (χ1) is 14.7. The van der Waals surface area contributed by atoms with Crippen LogP contribution in [0.4, 0.5) is 4.39 Å². The molecule has 4 rings (SSSR count). The van der Waals surface area contributed by atoms with Crippen LogP contribution in [0.25, 0.3) is 0 Å². The summed E-state index contributed by atoms with van der Waals surface area (Å²) in [6.45, 7) is 1.58. The predicted molar refractivity (Wildman–Crippen MR) is 111 cm³/mol. The monoisotopic (exact) mass is 409 g/mol. The summed E-state index contributed by atoms with van der Waals surface area (Å²) in [7, 11) is 0. The number of benzene rings is 3. The highest BCUT2D eigenvalue weighted by Gasteiger charge is 2.18. The van der Waals surface area contributed by atoms with Gasteiger partial charge in [-0.3, -0.25) is 4.90 Å². The third kappa shape index (κ3) is 5.28. The Morgan fingerprint density at radius 3 is 2.53 bits per heavy atom. The molecule has 0 fully saturated rings. The molecule has 5 nitrogen and oxygen atoms in total. The fourth-order valence-corrected chi connectivity index (χ4v) is 3.41. The molecule has 0 spiro atoms. The highest BCUT2D eigenvalue weighted by molar-refractivity contribution is 5.44. The minimum Gasteiger partial charge on any atom is -0.491 e. The van der Waals surface area contributed by atoms with Crippen molar-refractivity contribution in [3.05, 3.63) is 89.7 Å². The van der Waals surface area contributed by atoms with Crippen molar-refractivity contribution in [1.29, 1.82) is 0 Å². The van der Waals surface area contributed by atoms with E-state index in [-0.39, 0.29) is 19.2 Å². The molecule has 3 aromatic carbocycles. The van der Waals surface area contributed by atoms with Crippen LogP contribution < -0.4 is 14.2 Å². The molecule has 0 radical (unpaired) electrons. The Bertz CT molecular complexity index is 966. The van der Waals surface area contributed by atoms with Crippen LogP contribution in [-0.4, -0.2) is 36.1 Å². The maximum Gasteiger partial charge on any atom is 0.231 e. The molecule has 0 bridgehead atoms. The molecule has 0 amide bonds. The van der Waals surface area contributed by atoms with E-state index in [9.17, 15) is 9.50 Å². The lowest BCUT2D eigenvalue weighted by Gasteiger charge is -2.25. The van der Waals surface area contributed by atoms with Gasteiger partial charge in [-0.2, -0.15) is 0 Å². The molecule has 1 aliphatic rings. The molecule has 0 unspecified atom stereocenters. The van der Waals surface area contributed by atoms with Gasteiger partial charge in [0.05, 0.1) is 0 Å². The average Bonchev–Trinajstić information content (AvgIpc) is 3.22. The van der Waals surface area contributed by atoms with E-state index < -0.39 is 6.10 Å². The van der Waals surface area contributed by atoms with E-state index in [0.717, 1.165) is 11.3 Å². The third-order valence-corrected chi connectivity index (χ3v) is 4.85. The lowest BCUT2D eigenvalue weighted by Crippen LogP contribution is -2.35.